The first-order valence-electron chi connectivity index (χ1n) is 4.64. The number of aromatic nitrogens is 1. The molecule has 8 heteroatoms. The molecule has 0 spiro atoms. The molecule has 2 aromatic heterocycles. The molecule has 17 heavy (non-hydrogen) atoms. The second-order valence-electron chi connectivity index (χ2n) is 3.23. The van der Waals surface area contributed by atoms with Crippen LogP contribution < -0.4 is 4.72 Å². The highest BCUT2D eigenvalue weighted by Crippen LogP contribution is 2.23. The van der Waals surface area contributed by atoms with E-state index in [0.29, 0.717) is 6.54 Å². The Balaban J connectivity index is 2.08. The molecule has 0 fully saturated rings. The smallest absolute Gasteiger partial charge is 0.249 e. The average molecular weight is 353 g/mol. The summed E-state index contributed by atoms with van der Waals surface area (Å²) in [5.41, 5.74) is 0. The highest BCUT2D eigenvalue weighted by Gasteiger charge is 2.16. The number of halogens is 1. The van der Waals surface area contributed by atoms with E-state index < -0.39 is 10.0 Å². The second kappa shape index (κ2) is 5.15. The van der Waals surface area contributed by atoms with Crippen molar-refractivity contribution in [3.8, 4) is 0 Å². The van der Waals surface area contributed by atoms with Gasteiger partial charge in [-0.15, -0.1) is 22.7 Å². The third kappa shape index (κ3) is 3.35. The Morgan fingerprint density at radius 3 is 2.71 bits per heavy atom. The number of nitrogens with zero attached hydrogens (tertiary/aromatic N) is 1. The van der Waals surface area contributed by atoms with Gasteiger partial charge in [0.05, 0.1) is 15.0 Å². The first kappa shape index (κ1) is 13.2. The van der Waals surface area contributed by atoms with Crippen molar-refractivity contribution in [1.82, 2.24) is 9.71 Å². The number of rotatable bonds is 4. The molecule has 2 aromatic rings. The van der Waals surface area contributed by atoms with Crippen LogP contribution in [0.25, 0.3) is 0 Å². The van der Waals surface area contributed by atoms with Crippen LogP contribution in [0.1, 0.15) is 9.88 Å². The SMILES string of the molecule is Cc1ncc(S(=O)(=O)NCc2ccc(Br)s2)s1. The van der Waals surface area contributed by atoms with Crippen molar-refractivity contribution in [2.45, 2.75) is 17.7 Å². The summed E-state index contributed by atoms with van der Waals surface area (Å²) in [6.45, 7) is 2.08. The number of hydrogen-bond acceptors (Lipinski definition) is 5. The molecule has 0 saturated heterocycles. The highest BCUT2D eigenvalue weighted by molar-refractivity contribution is 9.11. The largest absolute Gasteiger partial charge is 0.252 e. The van der Waals surface area contributed by atoms with Crippen LogP contribution in [0.15, 0.2) is 26.3 Å². The van der Waals surface area contributed by atoms with Crippen molar-refractivity contribution >= 4 is 48.6 Å². The van der Waals surface area contributed by atoms with E-state index in [0.717, 1.165) is 13.7 Å². The molecule has 0 aliphatic rings. The second-order valence-corrected chi connectivity index (χ2v) is 9.00. The van der Waals surface area contributed by atoms with E-state index in [1.807, 2.05) is 12.1 Å². The first-order chi connectivity index (χ1) is 7.97. The van der Waals surface area contributed by atoms with Crippen LogP contribution in [0.2, 0.25) is 0 Å². The average Bonchev–Trinajstić information content (AvgIpc) is 2.85. The molecule has 1 N–H and O–H groups in total. The Morgan fingerprint density at radius 1 is 1.41 bits per heavy atom. The monoisotopic (exact) mass is 352 g/mol. The van der Waals surface area contributed by atoms with Crippen LogP contribution >= 0.6 is 38.6 Å². The molecule has 0 aliphatic heterocycles. The summed E-state index contributed by atoms with van der Waals surface area (Å²) < 4.78 is 27.5. The summed E-state index contributed by atoms with van der Waals surface area (Å²) in [7, 11) is -3.43. The fourth-order valence-electron chi connectivity index (χ4n) is 1.15. The van der Waals surface area contributed by atoms with Gasteiger partial charge in [0.15, 0.2) is 4.21 Å². The quantitative estimate of drug-likeness (QED) is 0.920. The van der Waals surface area contributed by atoms with Crippen molar-refractivity contribution in [3.05, 3.63) is 32.0 Å². The van der Waals surface area contributed by atoms with Crippen LogP contribution in [-0.2, 0) is 16.6 Å². The van der Waals surface area contributed by atoms with Crippen molar-refractivity contribution in [1.29, 1.82) is 0 Å². The fraction of sp³-hybridized carbons (Fsp3) is 0.222. The molecule has 0 amide bonds. The van der Waals surface area contributed by atoms with Gasteiger partial charge in [-0.2, -0.15) is 0 Å². The lowest BCUT2D eigenvalue weighted by Gasteiger charge is -2.01. The van der Waals surface area contributed by atoms with Crippen molar-refractivity contribution < 1.29 is 8.42 Å². The van der Waals surface area contributed by atoms with Gasteiger partial charge < -0.3 is 0 Å². The van der Waals surface area contributed by atoms with Crippen molar-refractivity contribution in [2.75, 3.05) is 0 Å². The molecule has 0 aromatic carbocycles. The Morgan fingerprint density at radius 2 is 2.18 bits per heavy atom. The number of aryl methyl sites for hydroxylation is 1. The van der Waals surface area contributed by atoms with Crippen LogP contribution in [0.4, 0.5) is 0 Å². The lowest BCUT2D eigenvalue weighted by molar-refractivity contribution is 0.584. The third-order valence-corrected chi connectivity index (χ3v) is 6.33. The maximum atomic E-state index is 11.9. The van der Waals surface area contributed by atoms with Crippen molar-refractivity contribution in [3.63, 3.8) is 0 Å². The molecule has 0 saturated carbocycles. The molecule has 92 valence electrons. The summed E-state index contributed by atoms with van der Waals surface area (Å²) in [6.07, 6.45) is 1.38. The summed E-state index contributed by atoms with van der Waals surface area (Å²) in [5.74, 6) is 0. The van der Waals surface area contributed by atoms with Crippen molar-refractivity contribution in [2.24, 2.45) is 0 Å². The van der Waals surface area contributed by atoms with E-state index in [-0.39, 0.29) is 4.21 Å². The third-order valence-electron chi connectivity index (χ3n) is 1.93. The number of nitrogens with one attached hydrogen (secondary N) is 1. The van der Waals surface area contributed by atoms with Gasteiger partial charge in [-0.3, -0.25) is 0 Å². The van der Waals surface area contributed by atoms with Gasteiger partial charge in [-0.1, -0.05) is 0 Å². The molecular weight excluding hydrogens is 344 g/mol. The number of sulfonamides is 1. The van der Waals surface area contributed by atoms with Gasteiger partial charge in [0.2, 0.25) is 0 Å². The zero-order valence-electron chi connectivity index (χ0n) is 8.81. The maximum Gasteiger partial charge on any atom is 0.252 e. The summed E-state index contributed by atoms with van der Waals surface area (Å²) in [5, 5.41) is 0.740. The predicted octanol–water partition coefficient (Wildman–Crippen LogP) is 2.75. The van der Waals surface area contributed by atoms with E-state index in [9.17, 15) is 8.42 Å². The molecular formula is C9H9BrN2O2S3. The lowest BCUT2D eigenvalue weighted by Crippen LogP contribution is -2.21. The van der Waals surface area contributed by atoms with E-state index in [1.54, 1.807) is 6.92 Å². The lowest BCUT2D eigenvalue weighted by atomic mass is 10.5. The van der Waals surface area contributed by atoms with E-state index in [1.165, 1.54) is 28.9 Å². The molecule has 2 heterocycles. The van der Waals surface area contributed by atoms with Gasteiger partial charge >= 0.3 is 0 Å². The Kier molecular flexibility index (Phi) is 3.99. The number of thiophene rings is 1. The Hall–Kier alpha value is -0.280. The normalized spacial score (nSPS) is 11.9. The zero-order chi connectivity index (χ0) is 12.5. The minimum atomic E-state index is -3.43. The molecule has 0 atom stereocenters. The topological polar surface area (TPSA) is 59.1 Å². The van der Waals surface area contributed by atoms with Crippen LogP contribution in [0.5, 0.6) is 0 Å². The minimum absolute atomic E-state index is 0.255. The minimum Gasteiger partial charge on any atom is -0.249 e. The van der Waals surface area contributed by atoms with E-state index >= 15 is 0 Å². The van der Waals surface area contributed by atoms with E-state index in [4.69, 9.17) is 0 Å². The summed E-state index contributed by atoms with van der Waals surface area (Å²) >= 11 is 6.01. The summed E-state index contributed by atoms with van der Waals surface area (Å²) in [4.78, 5) is 4.90. The highest BCUT2D eigenvalue weighted by atomic mass is 79.9. The van der Waals surface area contributed by atoms with Crippen LogP contribution in [-0.4, -0.2) is 13.4 Å². The summed E-state index contributed by atoms with van der Waals surface area (Å²) in [6, 6.07) is 3.78. The van der Waals surface area contributed by atoms with Gasteiger partial charge in [0.25, 0.3) is 10.0 Å². The molecule has 0 unspecified atom stereocenters. The zero-order valence-corrected chi connectivity index (χ0v) is 12.8. The Bertz CT molecular complexity index is 618. The van der Waals surface area contributed by atoms with Gasteiger partial charge in [0, 0.05) is 11.4 Å². The molecule has 4 nitrogen and oxygen atoms in total. The molecule has 2 rings (SSSR count). The van der Waals surface area contributed by atoms with Crippen LogP contribution in [0.3, 0.4) is 0 Å². The maximum absolute atomic E-state index is 11.9. The Labute approximate surface area is 116 Å². The van der Waals surface area contributed by atoms with Gasteiger partial charge in [0.1, 0.15) is 0 Å². The number of hydrogen-bond donors (Lipinski definition) is 1. The predicted molar refractivity (Wildman–Crippen MR) is 72.9 cm³/mol. The molecule has 0 bridgehead atoms. The first-order valence-corrected chi connectivity index (χ1v) is 8.54. The van der Waals surface area contributed by atoms with Crippen LogP contribution in [0, 0.1) is 6.92 Å². The van der Waals surface area contributed by atoms with Gasteiger partial charge in [-0.05, 0) is 35.0 Å². The van der Waals surface area contributed by atoms with E-state index in [2.05, 4.69) is 25.6 Å². The standard InChI is InChI=1S/C9H9BrN2O2S3/c1-6-11-5-9(15-6)17(13,14)12-4-7-2-3-8(10)16-7/h2-3,5,12H,4H2,1H3. The fourth-order valence-corrected chi connectivity index (χ4v) is 4.82. The molecule has 0 radical (unpaired) electrons. The van der Waals surface area contributed by atoms with Gasteiger partial charge in [-0.25, -0.2) is 18.1 Å². The molecule has 0 aliphatic carbocycles. The number of thiazole rings is 1.